The Morgan fingerprint density at radius 3 is 2.77 bits per heavy atom. The fourth-order valence-corrected chi connectivity index (χ4v) is 4.88. The van der Waals surface area contributed by atoms with E-state index in [-0.39, 0.29) is 16.9 Å². The Balaban J connectivity index is 1.48. The van der Waals surface area contributed by atoms with Crippen LogP contribution < -0.4 is 15.6 Å². The molecule has 1 unspecified atom stereocenters. The summed E-state index contributed by atoms with van der Waals surface area (Å²) in [6.07, 6.45) is 7.53. The van der Waals surface area contributed by atoms with Crippen molar-refractivity contribution in [3.63, 3.8) is 0 Å². The van der Waals surface area contributed by atoms with E-state index in [9.17, 15) is 14.4 Å². The maximum Gasteiger partial charge on any atom is 0.408 e. The van der Waals surface area contributed by atoms with E-state index < -0.39 is 17.7 Å². The SMILES string of the molecule is COc1ccc2nc(CCCCCC3CCC[C@@]3(C)OC(=O)N[C@H](C=O)C(C)(C)C)c(=O)[nH]c2c1. The summed E-state index contributed by atoms with van der Waals surface area (Å²) >= 11 is 0. The molecule has 1 aliphatic rings. The van der Waals surface area contributed by atoms with E-state index in [1.807, 2.05) is 39.8 Å². The lowest BCUT2D eigenvalue weighted by molar-refractivity contribution is -0.111. The van der Waals surface area contributed by atoms with E-state index in [2.05, 4.69) is 15.3 Å². The number of aromatic amines is 1. The number of fused-ring (bicyclic) bond motifs is 1. The van der Waals surface area contributed by atoms with Crippen molar-refractivity contribution >= 4 is 23.4 Å². The Hall–Kier alpha value is -2.90. The highest BCUT2D eigenvalue weighted by atomic mass is 16.6. The van der Waals surface area contributed by atoms with Crippen molar-refractivity contribution in [3.05, 3.63) is 34.2 Å². The average Bonchev–Trinajstić information content (AvgIpc) is 3.15. The molecule has 2 N–H and O–H groups in total. The number of carbonyl (C=O) groups is 2. The summed E-state index contributed by atoms with van der Waals surface area (Å²) < 4.78 is 11.1. The molecular weight excluding hydrogens is 446 g/mol. The smallest absolute Gasteiger partial charge is 0.408 e. The van der Waals surface area contributed by atoms with E-state index in [1.165, 1.54) is 0 Å². The van der Waals surface area contributed by atoms with Crippen LogP contribution in [0.3, 0.4) is 0 Å². The van der Waals surface area contributed by atoms with Crippen LogP contribution in [0.25, 0.3) is 11.0 Å². The number of carbonyl (C=O) groups excluding carboxylic acids is 2. The van der Waals surface area contributed by atoms with Crippen LogP contribution in [0.1, 0.15) is 78.3 Å². The number of hydrogen-bond donors (Lipinski definition) is 2. The molecule has 1 aromatic carbocycles. The lowest BCUT2D eigenvalue weighted by Gasteiger charge is -2.33. The van der Waals surface area contributed by atoms with E-state index >= 15 is 0 Å². The van der Waals surface area contributed by atoms with Gasteiger partial charge in [0.2, 0.25) is 0 Å². The third-order valence-corrected chi connectivity index (χ3v) is 7.19. The molecule has 192 valence electrons. The van der Waals surface area contributed by atoms with E-state index in [1.54, 1.807) is 13.2 Å². The molecule has 8 nitrogen and oxygen atoms in total. The number of aryl methyl sites for hydroxylation is 1. The van der Waals surface area contributed by atoms with Gasteiger partial charge in [-0.3, -0.25) is 4.79 Å². The van der Waals surface area contributed by atoms with Gasteiger partial charge in [0, 0.05) is 6.07 Å². The largest absolute Gasteiger partial charge is 0.497 e. The number of aromatic nitrogens is 2. The third kappa shape index (κ3) is 6.83. The number of H-pyrrole nitrogens is 1. The highest BCUT2D eigenvalue weighted by Gasteiger charge is 2.42. The third-order valence-electron chi connectivity index (χ3n) is 7.19. The molecule has 3 rings (SSSR count). The van der Waals surface area contributed by atoms with Crippen LogP contribution in [-0.2, 0) is 16.0 Å². The van der Waals surface area contributed by atoms with E-state index in [4.69, 9.17) is 9.47 Å². The molecule has 1 amide bonds. The predicted octanol–water partition coefficient (Wildman–Crippen LogP) is 4.93. The Bertz CT molecular complexity index is 1090. The first-order chi connectivity index (χ1) is 16.6. The predicted molar refractivity (Wildman–Crippen MR) is 136 cm³/mol. The summed E-state index contributed by atoms with van der Waals surface area (Å²) in [7, 11) is 1.59. The molecule has 0 radical (unpaired) electrons. The number of amides is 1. The molecule has 1 aromatic heterocycles. The standard InChI is InChI=1S/C27H39N3O5/c1-26(2,3)23(17-31)30-25(33)35-27(4)15-9-11-18(27)10-7-6-8-12-21-24(32)29-22-16-19(34-5)13-14-20(22)28-21/h13-14,16-18,23H,6-12,15H2,1-5H3,(H,29,32)(H,30,33)/t18?,23-,27-/m1/s1. The van der Waals surface area contributed by atoms with Gasteiger partial charge < -0.3 is 24.6 Å². The molecule has 0 aliphatic heterocycles. The number of rotatable bonds is 10. The molecule has 2 aromatic rings. The maximum absolute atomic E-state index is 12.5. The molecule has 1 saturated carbocycles. The molecule has 3 atom stereocenters. The van der Waals surface area contributed by atoms with Crippen LogP contribution in [0, 0.1) is 11.3 Å². The summed E-state index contributed by atoms with van der Waals surface area (Å²) in [6.45, 7) is 7.73. The van der Waals surface area contributed by atoms with Crippen molar-refractivity contribution < 1.29 is 19.1 Å². The van der Waals surface area contributed by atoms with Crippen molar-refractivity contribution in [2.24, 2.45) is 11.3 Å². The van der Waals surface area contributed by atoms with Crippen molar-refractivity contribution in [3.8, 4) is 5.75 Å². The summed E-state index contributed by atoms with van der Waals surface area (Å²) in [5, 5.41) is 2.72. The maximum atomic E-state index is 12.5. The minimum atomic E-state index is -0.590. The van der Waals surface area contributed by atoms with Crippen LogP contribution in [0.2, 0.25) is 0 Å². The fraction of sp³-hybridized carbons (Fsp3) is 0.630. The Labute approximate surface area is 207 Å². The van der Waals surface area contributed by atoms with E-state index in [0.717, 1.165) is 56.7 Å². The van der Waals surface area contributed by atoms with E-state index in [0.29, 0.717) is 23.4 Å². The first-order valence-corrected chi connectivity index (χ1v) is 12.6. The molecule has 0 saturated heterocycles. The number of benzene rings is 1. The average molecular weight is 486 g/mol. The zero-order chi connectivity index (χ0) is 25.6. The number of unbranched alkanes of at least 4 members (excludes halogenated alkanes) is 2. The topological polar surface area (TPSA) is 110 Å². The number of alkyl carbamates (subject to hydrolysis) is 1. The van der Waals surface area contributed by atoms with Gasteiger partial charge in [0.1, 0.15) is 23.3 Å². The van der Waals surface area contributed by atoms with Gasteiger partial charge in [0.05, 0.1) is 24.2 Å². The molecule has 0 spiro atoms. The summed E-state index contributed by atoms with van der Waals surface area (Å²) in [6, 6.07) is 4.87. The van der Waals surface area contributed by atoms with Crippen molar-refractivity contribution in [2.75, 3.05) is 7.11 Å². The number of methoxy groups -OCH3 is 1. The van der Waals surface area contributed by atoms with Gasteiger partial charge in [-0.25, -0.2) is 9.78 Å². The zero-order valence-electron chi connectivity index (χ0n) is 21.6. The minimum absolute atomic E-state index is 0.155. The number of nitrogens with zero attached hydrogens (tertiary/aromatic N) is 1. The second-order valence-corrected chi connectivity index (χ2v) is 10.9. The Morgan fingerprint density at radius 2 is 2.09 bits per heavy atom. The summed E-state index contributed by atoms with van der Waals surface area (Å²) in [5.41, 5.74) is 0.929. The van der Waals surface area contributed by atoms with Crippen LogP contribution >= 0.6 is 0 Å². The first-order valence-electron chi connectivity index (χ1n) is 12.6. The second-order valence-electron chi connectivity index (χ2n) is 10.9. The number of aldehydes is 1. The van der Waals surface area contributed by atoms with Gasteiger partial charge >= 0.3 is 6.09 Å². The first kappa shape index (κ1) is 26.7. The Morgan fingerprint density at radius 1 is 1.31 bits per heavy atom. The minimum Gasteiger partial charge on any atom is -0.497 e. The zero-order valence-corrected chi connectivity index (χ0v) is 21.6. The monoisotopic (exact) mass is 485 g/mol. The highest BCUT2D eigenvalue weighted by molar-refractivity contribution is 5.76. The molecule has 8 heteroatoms. The summed E-state index contributed by atoms with van der Waals surface area (Å²) in [5.74, 6) is 0.968. The molecule has 1 heterocycles. The Kier molecular flexibility index (Phi) is 8.56. The van der Waals surface area contributed by atoms with Crippen molar-refractivity contribution in [1.82, 2.24) is 15.3 Å². The quantitative estimate of drug-likeness (QED) is 0.365. The van der Waals surface area contributed by atoms with Gasteiger partial charge in [-0.05, 0) is 68.9 Å². The molecule has 0 bridgehead atoms. The highest BCUT2D eigenvalue weighted by Crippen LogP contribution is 2.41. The molecule has 1 fully saturated rings. The lowest BCUT2D eigenvalue weighted by atomic mass is 9.87. The second kappa shape index (κ2) is 11.2. The molecule has 35 heavy (non-hydrogen) atoms. The number of ether oxygens (including phenoxy) is 2. The van der Waals surface area contributed by atoms with Crippen LogP contribution in [0.5, 0.6) is 5.75 Å². The number of hydrogen-bond acceptors (Lipinski definition) is 6. The van der Waals surface area contributed by atoms with Crippen molar-refractivity contribution in [2.45, 2.75) is 90.7 Å². The van der Waals surface area contributed by atoms with Gasteiger partial charge in [-0.15, -0.1) is 0 Å². The number of nitrogens with one attached hydrogen (secondary N) is 2. The van der Waals surface area contributed by atoms with Gasteiger partial charge in [-0.2, -0.15) is 0 Å². The normalized spacial score (nSPS) is 21.0. The lowest BCUT2D eigenvalue weighted by Crippen LogP contribution is -2.48. The van der Waals surface area contributed by atoms with Crippen LogP contribution in [0.15, 0.2) is 23.0 Å². The van der Waals surface area contributed by atoms with Gasteiger partial charge in [-0.1, -0.05) is 33.6 Å². The van der Waals surface area contributed by atoms with Crippen molar-refractivity contribution in [1.29, 1.82) is 0 Å². The summed E-state index contributed by atoms with van der Waals surface area (Å²) in [4.78, 5) is 43.8. The fourth-order valence-electron chi connectivity index (χ4n) is 4.88. The van der Waals surface area contributed by atoms with Gasteiger partial charge in [0.25, 0.3) is 5.56 Å². The molecular formula is C27H39N3O5. The molecule has 1 aliphatic carbocycles. The van der Waals surface area contributed by atoms with Gasteiger partial charge in [0.15, 0.2) is 0 Å². The van der Waals surface area contributed by atoms with Crippen LogP contribution in [-0.4, -0.2) is 41.1 Å². The van der Waals surface area contributed by atoms with Crippen LogP contribution in [0.4, 0.5) is 4.79 Å².